The summed E-state index contributed by atoms with van der Waals surface area (Å²) in [5.74, 6) is -6.32. The van der Waals surface area contributed by atoms with E-state index in [9.17, 15) is 31.9 Å². The summed E-state index contributed by atoms with van der Waals surface area (Å²) in [6.07, 6.45) is -1.12. The van der Waals surface area contributed by atoms with Gasteiger partial charge in [0.1, 0.15) is 23.7 Å². The third-order valence-corrected chi connectivity index (χ3v) is 5.81. The van der Waals surface area contributed by atoms with E-state index in [1.54, 1.807) is 0 Å². The van der Waals surface area contributed by atoms with Crippen LogP contribution in [0.15, 0.2) is 48.5 Å². The predicted molar refractivity (Wildman–Crippen MR) is 110 cm³/mol. The molecular weight excluding hydrogens is 442 g/mol. The Bertz CT molecular complexity index is 1090. The van der Waals surface area contributed by atoms with Crippen LogP contribution >= 0.6 is 0 Å². The van der Waals surface area contributed by atoms with Crippen molar-refractivity contribution in [1.82, 2.24) is 10.2 Å². The normalized spacial score (nSPS) is 20.8. The Morgan fingerprint density at radius 2 is 1.79 bits per heavy atom. The van der Waals surface area contributed by atoms with Crippen molar-refractivity contribution in [2.24, 2.45) is 0 Å². The molecule has 2 N–H and O–H groups in total. The Balaban J connectivity index is 1.62. The van der Waals surface area contributed by atoms with E-state index in [4.69, 9.17) is 0 Å². The second-order valence-corrected chi connectivity index (χ2v) is 8.25. The summed E-state index contributed by atoms with van der Waals surface area (Å²) in [7, 11) is 0. The second kappa shape index (κ2) is 8.84. The van der Waals surface area contributed by atoms with E-state index in [0.717, 1.165) is 17.0 Å². The number of amides is 3. The molecule has 1 saturated heterocycles. The van der Waals surface area contributed by atoms with Crippen LogP contribution in [-0.2, 0) is 14.4 Å². The van der Waals surface area contributed by atoms with Gasteiger partial charge in [-0.3, -0.25) is 14.4 Å². The molecule has 2 atom stereocenters. The highest BCUT2D eigenvalue weighted by atomic mass is 19.3. The number of alkyl halides is 2. The van der Waals surface area contributed by atoms with Crippen molar-refractivity contribution in [2.45, 2.75) is 49.7 Å². The SMILES string of the molecule is O=C(Nc1cccc(F)c1)C1CCC(=O)N1[C@H](C(=O)NC1CC(F)(F)C1)c1ccccc1F. The van der Waals surface area contributed by atoms with Crippen molar-refractivity contribution in [3.05, 3.63) is 65.7 Å². The van der Waals surface area contributed by atoms with Gasteiger partial charge < -0.3 is 15.5 Å². The molecule has 1 aliphatic carbocycles. The van der Waals surface area contributed by atoms with E-state index in [0.29, 0.717) is 0 Å². The maximum atomic E-state index is 14.7. The van der Waals surface area contributed by atoms with Crippen LogP contribution in [0, 0.1) is 11.6 Å². The van der Waals surface area contributed by atoms with Crippen molar-refractivity contribution in [2.75, 3.05) is 5.32 Å². The number of nitrogens with zero attached hydrogens (tertiary/aromatic N) is 1. The van der Waals surface area contributed by atoms with Crippen LogP contribution in [0.4, 0.5) is 23.2 Å². The van der Waals surface area contributed by atoms with Gasteiger partial charge in [0.25, 0.3) is 5.92 Å². The summed E-state index contributed by atoms with van der Waals surface area (Å²) in [5.41, 5.74) is 0.00257. The number of hydrogen-bond acceptors (Lipinski definition) is 3. The van der Waals surface area contributed by atoms with Gasteiger partial charge in [-0.2, -0.15) is 0 Å². The zero-order valence-corrected chi connectivity index (χ0v) is 17.4. The molecule has 10 heteroatoms. The predicted octanol–water partition coefficient (Wildman–Crippen LogP) is 3.55. The first-order valence-electron chi connectivity index (χ1n) is 10.4. The molecule has 0 radical (unpaired) electrons. The molecule has 3 amide bonds. The fourth-order valence-electron chi connectivity index (χ4n) is 4.23. The standard InChI is InChI=1S/C23H21F4N3O3/c24-13-4-3-5-14(10-13)28-21(32)18-8-9-19(31)30(18)20(16-6-1-2-7-17(16)25)22(33)29-15-11-23(26,27)12-15/h1-7,10,15,18,20H,8-9,11-12H2,(H,28,32)(H,29,33)/t18?,20-/m0/s1. The number of likely N-dealkylation sites (tertiary alicyclic amines) is 1. The van der Waals surface area contributed by atoms with Crippen molar-refractivity contribution in [3.63, 3.8) is 0 Å². The maximum absolute atomic E-state index is 14.7. The zero-order chi connectivity index (χ0) is 23.8. The number of nitrogens with one attached hydrogen (secondary N) is 2. The lowest BCUT2D eigenvalue weighted by Gasteiger charge is -2.38. The minimum atomic E-state index is -2.89. The molecule has 0 spiro atoms. The first kappa shape index (κ1) is 22.8. The lowest BCUT2D eigenvalue weighted by Crippen LogP contribution is -2.55. The van der Waals surface area contributed by atoms with E-state index < -0.39 is 66.2 Å². The summed E-state index contributed by atoms with van der Waals surface area (Å²) < 4.78 is 54.6. The molecule has 4 rings (SSSR count). The summed E-state index contributed by atoms with van der Waals surface area (Å²) in [4.78, 5) is 39.8. The number of anilines is 1. The highest BCUT2D eigenvalue weighted by molar-refractivity contribution is 6.01. The summed E-state index contributed by atoms with van der Waals surface area (Å²) in [5, 5.41) is 4.96. The molecule has 1 aliphatic heterocycles. The van der Waals surface area contributed by atoms with Crippen LogP contribution in [0.5, 0.6) is 0 Å². The molecule has 1 heterocycles. The highest BCUT2D eigenvalue weighted by Crippen LogP contribution is 2.39. The first-order valence-corrected chi connectivity index (χ1v) is 10.4. The number of hydrogen-bond donors (Lipinski definition) is 2. The number of halogens is 4. The van der Waals surface area contributed by atoms with Crippen LogP contribution in [0.25, 0.3) is 0 Å². The van der Waals surface area contributed by atoms with Gasteiger partial charge in [0.15, 0.2) is 0 Å². The molecule has 33 heavy (non-hydrogen) atoms. The smallest absolute Gasteiger partial charge is 0.252 e. The number of carbonyl (C=O) groups is 3. The molecule has 174 valence electrons. The number of benzene rings is 2. The number of rotatable bonds is 6. The van der Waals surface area contributed by atoms with Crippen LogP contribution in [0.1, 0.15) is 37.3 Å². The maximum Gasteiger partial charge on any atom is 0.252 e. The van der Waals surface area contributed by atoms with Crippen molar-refractivity contribution in [3.8, 4) is 0 Å². The monoisotopic (exact) mass is 463 g/mol. The number of carbonyl (C=O) groups excluding carboxylic acids is 3. The molecule has 0 aromatic heterocycles. The largest absolute Gasteiger partial charge is 0.351 e. The third kappa shape index (κ3) is 4.84. The molecule has 2 fully saturated rings. The van der Waals surface area contributed by atoms with Gasteiger partial charge in [-0.1, -0.05) is 24.3 Å². The summed E-state index contributed by atoms with van der Waals surface area (Å²) >= 11 is 0. The molecule has 1 saturated carbocycles. The lowest BCUT2D eigenvalue weighted by molar-refractivity contribution is -0.145. The zero-order valence-electron chi connectivity index (χ0n) is 17.4. The third-order valence-electron chi connectivity index (χ3n) is 5.81. The Morgan fingerprint density at radius 1 is 1.06 bits per heavy atom. The van der Waals surface area contributed by atoms with E-state index in [-0.39, 0.29) is 24.1 Å². The van der Waals surface area contributed by atoms with Crippen LogP contribution in [-0.4, -0.2) is 40.6 Å². The summed E-state index contributed by atoms with van der Waals surface area (Å²) in [6, 6.07) is 6.94. The quantitative estimate of drug-likeness (QED) is 0.644. The van der Waals surface area contributed by atoms with Crippen LogP contribution in [0.3, 0.4) is 0 Å². The van der Waals surface area contributed by atoms with E-state index in [1.165, 1.54) is 36.4 Å². The molecule has 6 nitrogen and oxygen atoms in total. The Hall–Kier alpha value is -3.43. The van der Waals surface area contributed by atoms with Gasteiger partial charge in [-0.25, -0.2) is 17.6 Å². The molecule has 2 aromatic rings. The van der Waals surface area contributed by atoms with Crippen molar-refractivity contribution < 1.29 is 31.9 Å². The van der Waals surface area contributed by atoms with Gasteiger partial charge in [-0.15, -0.1) is 0 Å². The molecule has 1 unspecified atom stereocenters. The van der Waals surface area contributed by atoms with E-state index in [2.05, 4.69) is 10.6 Å². The van der Waals surface area contributed by atoms with Gasteiger partial charge in [0.2, 0.25) is 17.7 Å². The fourth-order valence-corrected chi connectivity index (χ4v) is 4.23. The summed E-state index contributed by atoms with van der Waals surface area (Å²) in [6.45, 7) is 0. The molecule has 2 aliphatic rings. The van der Waals surface area contributed by atoms with E-state index in [1.807, 2.05) is 0 Å². The minimum absolute atomic E-state index is 0.0553. The van der Waals surface area contributed by atoms with Gasteiger partial charge in [0.05, 0.1) is 0 Å². The Kier molecular flexibility index (Phi) is 6.09. The molecule has 2 aromatic carbocycles. The molecular formula is C23H21F4N3O3. The average molecular weight is 463 g/mol. The first-order chi connectivity index (χ1) is 15.6. The van der Waals surface area contributed by atoms with E-state index >= 15 is 0 Å². The topological polar surface area (TPSA) is 78.5 Å². The van der Waals surface area contributed by atoms with Gasteiger partial charge >= 0.3 is 0 Å². The van der Waals surface area contributed by atoms with Crippen molar-refractivity contribution >= 4 is 23.4 Å². The minimum Gasteiger partial charge on any atom is -0.351 e. The highest BCUT2D eigenvalue weighted by Gasteiger charge is 2.49. The second-order valence-electron chi connectivity index (χ2n) is 8.25. The Labute approximate surface area is 186 Å². The van der Waals surface area contributed by atoms with Crippen molar-refractivity contribution in [1.29, 1.82) is 0 Å². The van der Waals surface area contributed by atoms with Crippen LogP contribution < -0.4 is 10.6 Å². The Morgan fingerprint density at radius 3 is 2.45 bits per heavy atom. The van der Waals surface area contributed by atoms with Gasteiger partial charge in [-0.05, 0) is 30.7 Å². The van der Waals surface area contributed by atoms with Crippen LogP contribution in [0.2, 0.25) is 0 Å². The molecule has 0 bridgehead atoms. The van der Waals surface area contributed by atoms with Gasteiger partial charge in [0, 0.05) is 36.6 Å². The average Bonchev–Trinajstić information content (AvgIpc) is 3.10. The fraction of sp³-hybridized carbons (Fsp3) is 0.348. The lowest BCUT2D eigenvalue weighted by atomic mass is 9.87.